The van der Waals surface area contributed by atoms with E-state index < -0.39 is 11.4 Å². The summed E-state index contributed by atoms with van der Waals surface area (Å²) in [5.41, 5.74) is 1.36. The quantitative estimate of drug-likeness (QED) is 0.390. The number of benzene rings is 3. The van der Waals surface area contributed by atoms with Gasteiger partial charge in [0.1, 0.15) is 0 Å². The van der Waals surface area contributed by atoms with Crippen LogP contribution in [-0.2, 0) is 12.3 Å². The van der Waals surface area contributed by atoms with Crippen LogP contribution in [0.2, 0.25) is 10.0 Å². The van der Waals surface area contributed by atoms with Crippen LogP contribution in [0.4, 0.5) is 0 Å². The normalized spacial score (nSPS) is 16.1. The van der Waals surface area contributed by atoms with Gasteiger partial charge in [0.15, 0.2) is 11.4 Å². The Hall–Kier alpha value is -2.90. The minimum atomic E-state index is -0.877. The lowest BCUT2D eigenvalue weighted by Gasteiger charge is -2.38. The average Bonchev–Trinajstić information content (AvgIpc) is 3.14. The smallest absolute Gasteiger partial charge is 0.408 e. The molecule has 1 aromatic heterocycles. The van der Waals surface area contributed by atoms with Gasteiger partial charge in [0.25, 0.3) is 0 Å². The summed E-state index contributed by atoms with van der Waals surface area (Å²) in [6, 6.07) is 19.4. The largest absolute Gasteiger partial charge is 0.421 e. The second-order valence-electron chi connectivity index (χ2n) is 8.56. The van der Waals surface area contributed by atoms with Gasteiger partial charge in [0.05, 0.1) is 27.8 Å². The fourth-order valence-electron chi connectivity index (χ4n) is 4.48. The molecule has 1 aliphatic heterocycles. The number of hydrogen-bond acceptors (Lipinski definition) is 5. The summed E-state index contributed by atoms with van der Waals surface area (Å²) in [7, 11) is 0. The van der Waals surface area contributed by atoms with Crippen LogP contribution in [0.25, 0.3) is 11.1 Å². The summed E-state index contributed by atoms with van der Waals surface area (Å²) in [4.78, 5) is 27.7. The van der Waals surface area contributed by atoms with E-state index in [2.05, 4.69) is 4.90 Å². The van der Waals surface area contributed by atoms with Crippen LogP contribution < -0.4 is 5.76 Å². The number of hydrogen-bond donors (Lipinski definition) is 1. The summed E-state index contributed by atoms with van der Waals surface area (Å²) in [5.74, 6) is -0.874. The molecule has 1 saturated heterocycles. The Morgan fingerprint density at radius 3 is 2.32 bits per heavy atom. The third-order valence-corrected chi connectivity index (χ3v) is 7.10. The molecule has 4 aromatic rings. The number of aromatic nitrogens is 1. The van der Waals surface area contributed by atoms with E-state index >= 15 is 0 Å². The van der Waals surface area contributed by atoms with Crippen LogP contribution in [0.5, 0.6) is 0 Å². The maximum absolute atomic E-state index is 13.0. The van der Waals surface area contributed by atoms with Gasteiger partial charge in [0.2, 0.25) is 0 Å². The molecule has 0 spiro atoms. The fraction of sp³-hybridized carbons (Fsp3) is 0.231. The molecule has 0 bridgehead atoms. The first-order valence-corrected chi connectivity index (χ1v) is 11.7. The van der Waals surface area contributed by atoms with Crippen LogP contribution in [0.3, 0.4) is 0 Å². The zero-order valence-electron chi connectivity index (χ0n) is 18.2. The molecule has 0 amide bonds. The number of halogens is 2. The highest BCUT2D eigenvalue weighted by molar-refractivity contribution is 6.38. The van der Waals surface area contributed by atoms with Crippen molar-refractivity contribution in [3.8, 4) is 0 Å². The highest BCUT2D eigenvalue weighted by Gasteiger charge is 2.34. The number of rotatable bonds is 5. The first kappa shape index (κ1) is 22.9. The lowest BCUT2D eigenvalue weighted by Crippen LogP contribution is -2.44. The topological polar surface area (TPSA) is 75.7 Å². The molecule has 34 heavy (non-hydrogen) atoms. The maximum Gasteiger partial charge on any atom is 0.421 e. The molecule has 0 saturated carbocycles. The first-order valence-electron chi connectivity index (χ1n) is 11.0. The Balaban J connectivity index is 1.39. The third-order valence-electron chi connectivity index (χ3n) is 6.46. The summed E-state index contributed by atoms with van der Waals surface area (Å²) >= 11 is 12.6. The van der Waals surface area contributed by atoms with Gasteiger partial charge in [-0.2, -0.15) is 0 Å². The van der Waals surface area contributed by atoms with Crippen molar-refractivity contribution in [1.29, 1.82) is 0 Å². The van der Waals surface area contributed by atoms with Gasteiger partial charge in [-0.1, -0.05) is 65.7 Å². The number of piperidine rings is 1. The summed E-state index contributed by atoms with van der Waals surface area (Å²) in [6.45, 7) is 1.52. The van der Waals surface area contributed by atoms with Gasteiger partial charge < -0.3 is 9.52 Å². The third kappa shape index (κ3) is 4.18. The van der Waals surface area contributed by atoms with Gasteiger partial charge >= 0.3 is 5.76 Å². The van der Waals surface area contributed by atoms with Gasteiger partial charge in [0, 0.05) is 24.2 Å². The molecule has 5 rings (SSSR count). The Labute approximate surface area is 205 Å². The summed E-state index contributed by atoms with van der Waals surface area (Å²) < 4.78 is 6.95. The van der Waals surface area contributed by atoms with E-state index in [1.54, 1.807) is 30.3 Å². The maximum atomic E-state index is 13.0. The zero-order chi connectivity index (χ0) is 23.9. The van der Waals surface area contributed by atoms with E-state index in [0.29, 0.717) is 48.7 Å². The Kier molecular flexibility index (Phi) is 6.08. The molecular formula is C26H22Cl2N2O4. The summed E-state index contributed by atoms with van der Waals surface area (Å²) in [5, 5.41) is 11.6. The molecule has 1 aliphatic rings. The molecule has 3 aromatic carbocycles. The van der Waals surface area contributed by atoms with Crippen molar-refractivity contribution in [2.75, 3.05) is 13.1 Å². The average molecular weight is 497 g/mol. The Morgan fingerprint density at radius 2 is 1.62 bits per heavy atom. The fourth-order valence-corrected chi connectivity index (χ4v) is 4.95. The highest BCUT2D eigenvalue weighted by atomic mass is 35.5. The van der Waals surface area contributed by atoms with E-state index in [0.717, 1.165) is 5.56 Å². The van der Waals surface area contributed by atoms with Gasteiger partial charge in [-0.3, -0.25) is 14.3 Å². The lowest BCUT2D eigenvalue weighted by atomic mass is 9.84. The molecule has 6 nitrogen and oxygen atoms in total. The minimum Gasteiger partial charge on any atom is -0.408 e. The van der Waals surface area contributed by atoms with E-state index in [9.17, 15) is 14.7 Å². The van der Waals surface area contributed by atoms with Crippen molar-refractivity contribution in [1.82, 2.24) is 9.47 Å². The molecular weight excluding hydrogens is 475 g/mol. The molecule has 1 N–H and O–H groups in total. The summed E-state index contributed by atoms with van der Waals surface area (Å²) in [6.07, 6.45) is 1.11. The molecule has 8 heteroatoms. The van der Waals surface area contributed by atoms with Crippen LogP contribution in [0, 0.1) is 0 Å². The van der Waals surface area contributed by atoms with E-state index in [-0.39, 0.29) is 22.0 Å². The van der Waals surface area contributed by atoms with Crippen LogP contribution in [-0.4, -0.2) is 33.4 Å². The molecule has 0 unspecified atom stereocenters. The number of carbonyl (C=O) groups excluding carboxylic acids is 1. The molecule has 2 heterocycles. The second kappa shape index (κ2) is 9.04. The minimum absolute atomic E-state index is 0.212. The van der Waals surface area contributed by atoms with Crippen molar-refractivity contribution in [3.63, 3.8) is 0 Å². The number of ketones is 1. The van der Waals surface area contributed by atoms with Crippen LogP contribution in [0.1, 0.15) is 34.3 Å². The number of fused-ring (bicyclic) bond motifs is 1. The van der Waals surface area contributed by atoms with Crippen molar-refractivity contribution in [3.05, 3.63) is 104 Å². The number of likely N-dealkylation sites (tertiary alicyclic amines) is 1. The van der Waals surface area contributed by atoms with E-state index in [4.69, 9.17) is 27.6 Å². The molecule has 0 radical (unpaired) electrons. The number of aliphatic hydroxyl groups is 1. The predicted octanol–water partition coefficient (Wildman–Crippen LogP) is 5.07. The van der Waals surface area contributed by atoms with Crippen LogP contribution in [0.15, 0.2) is 75.9 Å². The van der Waals surface area contributed by atoms with E-state index in [1.807, 2.05) is 30.3 Å². The molecule has 1 fully saturated rings. The van der Waals surface area contributed by atoms with Gasteiger partial charge in [-0.25, -0.2) is 4.79 Å². The number of carbonyl (C=O) groups is 1. The number of nitrogens with zero attached hydrogens (tertiary/aromatic N) is 2. The standard InChI is InChI=1S/C26H22Cl2N2O4/c27-20-9-5-4-8-18(20)24(31)19-14-23-22(15-21(19)28)30(25(32)34-23)16-29-12-10-26(33,11-13-29)17-6-2-1-3-7-17/h1-9,14-15,33H,10-13,16H2. The predicted molar refractivity (Wildman–Crippen MR) is 132 cm³/mol. The Bertz CT molecular complexity index is 1420. The molecule has 0 atom stereocenters. The van der Waals surface area contributed by atoms with E-state index in [1.165, 1.54) is 10.6 Å². The van der Waals surface area contributed by atoms with Crippen LogP contribution >= 0.6 is 23.2 Å². The van der Waals surface area contributed by atoms with Crippen molar-refractivity contribution >= 4 is 40.1 Å². The van der Waals surface area contributed by atoms with Gasteiger partial charge in [-0.15, -0.1) is 0 Å². The lowest BCUT2D eigenvalue weighted by molar-refractivity contribution is -0.0327. The SMILES string of the molecule is O=C(c1ccccc1Cl)c1cc2oc(=O)n(CN3CCC(O)(c4ccccc4)CC3)c2cc1Cl. The molecule has 0 aliphatic carbocycles. The molecule has 174 valence electrons. The second-order valence-corrected chi connectivity index (χ2v) is 9.38. The zero-order valence-corrected chi connectivity index (χ0v) is 19.7. The highest BCUT2D eigenvalue weighted by Crippen LogP contribution is 2.33. The Morgan fingerprint density at radius 1 is 0.941 bits per heavy atom. The van der Waals surface area contributed by atoms with Crippen molar-refractivity contribution < 1.29 is 14.3 Å². The monoisotopic (exact) mass is 496 g/mol. The first-order chi connectivity index (χ1) is 16.4. The van der Waals surface area contributed by atoms with Crippen molar-refractivity contribution in [2.24, 2.45) is 0 Å². The van der Waals surface area contributed by atoms with Gasteiger partial charge in [-0.05, 0) is 42.7 Å². The number of oxazole rings is 1. The van der Waals surface area contributed by atoms with Crippen molar-refractivity contribution in [2.45, 2.75) is 25.1 Å².